The number of piperidine rings is 1. The zero-order valence-electron chi connectivity index (χ0n) is 20.7. The van der Waals surface area contributed by atoms with E-state index in [9.17, 15) is 23.1 Å². The Hall–Kier alpha value is -3.40. The van der Waals surface area contributed by atoms with Crippen molar-refractivity contribution in [2.75, 3.05) is 23.3 Å². The quantitative estimate of drug-likeness (QED) is 0.506. The van der Waals surface area contributed by atoms with E-state index in [1.165, 1.54) is 23.0 Å². The van der Waals surface area contributed by atoms with E-state index < -0.39 is 17.3 Å². The van der Waals surface area contributed by atoms with Gasteiger partial charge in [-0.1, -0.05) is 0 Å². The number of carbonyl (C=O) groups excluding carboxylic acids is 1. The summed E-state index contributed by atoms with van der Waals surface area (Å²) >= 11 is 0. The molecule has 1 aliphatic heterocycles. The van der Waals surface area contributed by atoms with Gasteiger partial charge >= 0.3 is 6.18 Å². The van der Waals surface area contributed by atoms with Crippen LogP contribution in [0.2, 0.25) is 0 Å². The van der Waals surface area contributed by atoms with Crippen LogP contribution < -0.4 is 10.2 Å². The molecule has 0 spiro atoms. The number of carbonyl (C=O) groups is 1. The van der Waals surface area contributed by atoms with Crippen LogP contribution in [0.15, 0.2) is 42.7 Å². The molecule has 1 aromatic carbocycles. The van der Waals surface area contributed by atoms with E-state index in [4.69, 9.17) is 0 Å². The maximum absolute atomic E-state index is 12.9. The van der Waals surface area contributed by atoms with Crippen LogP contribution in [0.4, 0.5) is 24.7 Å². The fourth-order valence-electron chi connectivity index (χ4n) is 4.65. The van der Waals surface area contributed by atoms with Crippen molar-refractivity contribution in [3.8, 4) is 5.69 Å². The average Bonchev–Trinajstić information content (AvgIpc) is 3.19. The molecule has 0 atom stereocenters. The van der Waals surface area contributed by atoms with E-state index in [2.05, 4.69) is 20.3 Å². The van der Waals surface area contributed by atoms with E-state index in [1.807, 2.05) is 26.8 Å². The Morgan fingerprint density at radius 1 is 1.08 bits per heavy atom. The number of hydrogen-bond acceptors (Lipinski definition) is 5. The third kappa shape index (κ3) is 5.38. The maximum atomic E-state index is 12.9. The number of anilines is 2. The van der Waals surface area contributed by atoms with Crippen LogP contribution in [0, 0.1) is 19.8 Å². The molecule has 1 aliphatic rings. The lowest BCUT2D eigenvalue weighted by Gasteiger charge is -2.38. The number of benzene rings is 1. The van der Waals surface area contributed by atoms with E-state index >= 15 is 0 Å². The van der Waals surface area contributed by atoms with Crippen molar-refractivity contribution >= 4 is 17.4 Å². The van der Waals surface area contributed by atoms with Gasteiger partial charge in [0.15, 0.2) is 0 Å². The lowest BCUT2D eigenvalue weighted by atomic mass is 9.83. The van der Waals surface area contributed by atoms with Crippen LogP contribution >= 0.6 is 0 Å². The molecule has 3 heterocycles. The van der Waals surface area contributed by atoms with Gasteiger partial charge in [-0.2, -0.15) is 18.3 Å². The zero-order chi connectivity index (χ0) is 26.3. The van der Waals surface area contributed by atoms with Crippen molar-refractivity contribution in [3.63, 3.8) is 0 Å². The van der Waals surface area contributed by atoms with Crippen molar-refractivity contribution in [1.29, 1.82) is 0 Å². The van der Waals surface area contributed by atoms with Crippen LogP contribution in [-0.4, -0.2) is 44.5 Å². The van der Waals surface area contributed by atoms with Gasteiger partial charge in [0, 0.05) is 13.1 Å². The highest BCUT2D eigenvalue weighted by atomic mass is 19.4. The van der Waals surface area contributed by atoms with Crippen LogP contribution in [-0.2, 0) is 6.18 Å². The highest BCUT2D eigenvalue weighted by molar-refractivity contribution is 6.05. The molecule has 1 saturated heterocycles. The number of aromatic nitrogens is 3. The lowest BCUT2D eigenvalue weighted by molar-refractivity contribution is -0.137. The second-order valence-electron chi connectivity index (χ2n) is 9.83. The number of aliphatic hydroxyl groups is 1. The van der Waals surface area contributed by atoms with E-state index in [0.717, 1.165) is 49.4 Å². The summed E-state index contributed by atoms with van der Waals surface area (Å²) in [5.74, 6) is 0.721. The summed E-state index contributed by atoms with van der Waals surface area (Å²) in [5.41, 5.74) is 1.26. The number of rotatable bonds is 5. The molecule has 4 rings (SSSR count). The average molecular weight is 502 g/mol. The lowest BCUT2D eigenvalue weighted by Crippen LogP contribution is -2.42. The maximum Gasteiger partial charge on any atom is 0.416 e. The standard InChI is InChI=1S/C26H30F3N5O2/c1-16-13-20(14-30-23(16)33-11-9-18(10-12-33)25(3,4)36)32-24(35)22-15-31-34(17(22)2)21-7-5-19(6-8-21)26(27,28)29/h5-8,13-15,18,36H,9-12H2,1-4H3,(H,32,35). The molecule has 0 saturated carbocycles. The third-order valence-electron chi connectivity index (χ3n) is 6.80. The first kappa shape index (κ1) is 25.7. The molecule has 10 heteroatoms. The van der Waals surface area contributed by atoms with Crippen LogP contribution in [0.25, 0.3) is 5.69 Å². The van der Waals surface area contributed by atoms with Gasteiger partial charge in [-0.3, -0.25) is 4.79 Å². The summed E-state index contributed by atoms with van der Waals surface area (Å²) in [6, 6.07) is 6.47. The number of hydrogen-bond donors (Lipinski definition) is 2. The van der Waals surface area contributed by atoms with Crippen molar-refractivity contribution < 1.29 is 23.1 Å². The summed E-state index contributed by atoms with van der Waals surface area (Å²) in [7, 11) is 0. The number of nitrogens with one attached hydrogen (secondary N) is 1. The molecule has 0 aliphatic carbocycles. The van der Waals surface area contributed by atoms with Gasteiger partial charge in [0.25, 0.3) is 5.91 Å². The van der Waals surface area contributed by atoms with Crippen molar-refractivity contribution in [2.24, 2.45) is 5.92 Å². The summed E-state index contributed by atoms with van der Waals surface area (Å²) in [6.07, 6.45) is 0.343. The van der Waals surface area contributed by atoms with Crippen molar-refractivity contribution in [3.05, 3.63) is 65.1 Å². The summed E-state index contributed by atoms with van der Waals surface area (Å²) in [5, 5.41) is 17.3. The molecular formula is C26H30F3N5O2. The first-order chi connectivity index (χ1) is 16.8. The Labute approximate surface area is 208 Å². The Bertz CT molecular complexity index is 1240. The summed E-state index contributed by atoms with van der Waals surface area (Å²) in [4.78, 5) is 19.7. The highest BCUT2D eigenvalue weighted by Gasteiger charge is 2.32. The Balaban J connectivity index is 1.44. The largest absolute Gasteiger partial charge is 0.416 e. The first-order valence-corrected chi connectivity index (χ1v) is 11.8. The predicted octanol–water partition coefficient (Wildman–Crippen LogP) is 5.14. The number of halogens is 3. The molecule has 0 unspecified atom stereocenters. The van der Waals surface area contributed by atoms with Gasteiger partial charge in [0.05, 0.1) is 46.2 Å². The predicted molar refractivity (Wildman–Crippen MR) is 131 cm³/mol. The second-order valence-corrected chi connectivity index (χ2v) is 9.83. The normalized spacial score (nSPS) is 15.3. The zero-order valence-corrected chi connectivity index (χ0v) is 20.7. The van der Waals surface area contributed by atoms with Gasteiger partial charge in [0.2, 0.25) is 0 Å². The Kier molecular flexibility index (Phi) is 6.83. The second kappa shape index (κ2) is 9.57. The molecule has 7 nitrogen and oxygen atoms in total. The summed E-state index contributed by atoms with van der Waals surface area (Å²) in [6.45, 7) is 8.93. The number of nitrogens with zero attached hydrogens (tertiary/aromatic N) is 4. The van der Waals surface area contributed by atoms with Crippen LogP contribution in [0.5, 0.6) is 0 Å². The fourth-order valence-corrected chi connectivity index (χ4v) is 4.65. The molecule has 2 N–H and O–H groups in total. The van der Waals surface area contributed by atoms with Gasteiger partial charge in [-0.15, -0.1) is 0 Å². The minimum Gasteiger partial charge on any atom is -0.390 e. The molecule has 3 aromatic rings. The van der Waals surface area contributed by atoms with Gasteiger partial charge in [-0.05, 0) is 82.3 Å². The first-order valence-electron chi connectivity index (χ1n) is 11.8. The number of alkyl halides is 3. The number of pyridine rings is 1. The fraction of sp³-hybridized carbons (Fsp3) is 0.423. The Morgan fingerprint density at radius 3 is 2.28 bits per heavy atom. The Morgan fingerprint density at radius 2 is 1.72 bits per heavy atom. The van der Waals surface area contributed by atoms with E-state index in [0.29, 0.717) is 22.6 Å². The number of amides is 1. The molecule has 0 bridgehead atoms. The van der Waals surface area contributed by atoms with Crippen LogP contribution in [0.3, 0.4) is 0 Å². The minimum absolute atomic E-state index is 0.249. The highest BCUT2D eigenvalue weighted by Crippen LogP contribution is 2.32. The van der Waals surface area contributed by atoms with Crippen LogP contribution in [0.1, 0.15) is 53.9 Å². The van der Waals surface area contributed by atoms with Crippen molar-refractivity contribution in [1.82, 2.24) is 14.8 Å². The van der Waals surface area contributed by atoms with E-state index in [1.54, 1.807) is 13.1 Å². The molecule has 192 valence electrons. The molecular weight excluding hydrogens is 471 g/mol. The molecule has 36 heavy (non-hydrogen) atoms. The van der Waals surface area contributed by atoms with Gasteiger partial charge < -0.3 is 15.3 Å². The molecule has 0 radical (unpaired) electrons. The van der Waals surface area contributed by atoms with Gasteiger partial charge in [0.1, 0.15) is 5.82 Å². The summed E-state index contributed by atoms with van der Waals surface area (Å²) < 4.78 is 40.0. The molecule has 1 amide bonds. The third-order valence-corrected chi connectivity index (χ3v) is 6.80. The topological polar surface area (TPSA) is 83.3 Å². The molecule has 2 aromatic heterocycles. The molecule has 1 fully saturated rings. The SMILES string of the molecule is Cc1cc(NC(=O)c2cnn(-c3ccc(C(F)(F)F)cc3)c2C)cnc1N1CCC(C(C)(C)O)CC1. The number of aryl methyl sites for hydroxylation is 1. The van der Waals surface area contributed by atoms with Gasteiger partial charge in [-0.25, -0.2) is 9.67 Å². The smallest absolute Gasteiger partial charge is 0.390 e. The minimum atomic E-state index is -4.42. The van der Waals surface area contributed by atoms with E-state index in [-0.39, 0.29) is 11.8 Å². The van der Waals surface area contributed by atoms with Crippen molar-refractivity contribution in [2.45, 2.75) is 52.3 Å². The monoisotopic (exact) mass is 501 g/mol.